The molecule has 0 saturated heterocycles. The Balaban J connectivity index is 1.49. The molecule has 0 aliphatic rings. The molecule has 0 aliphatic carbocycles. The first-order valence-corrected chi connectivity index (χ1v) is 10.8. The highest BCUT2D eigenvalue weighted by molar-refractivity contribution is 7.89. The normalized spacial score (nSPS) is 11.2. The highest BCUT2D eigenvalue weighted by Gasteiger charge is 2.13. The first kappa shape index (κ1) is 20.3. The Hall–Kier alpha value is -2.46. The van der Waals surface area contributed by atoms with Gasteiger partial charge in [0, 0.05) is 16.0 Å². The zero-order valence-electron chi connectivity index (χ0n) is 14.4. The van der Waals surface area contributed by atoms with E-state index in [2.05, 4.69) is 4.98 Å². The Kier molecular flexibility index (Phi) is 6.30. The van der Waals surface area contributed by atoms with Gasteiger partial charge in [-0.05, 0) is 36.4 Å². The Morgan fingerprint density at radius 2 is 1.75 bits per heavy atom. The lowest BCUT2D eigenvalue weighted by Gasteiger charge is -2.07. The summed E-state index contributed by atoms with van der Waals surface area (Å²) in [5.74, 6) is -0.119. The second-order valence-electron chi connectivity index (χ2n) is 5.55. The lowest BCUT2D eigenvalue weighted by Crippen LogP contribution is -2.13. The highest BCUT2D eigenvalue weighted by Crippen LogP contribution is 2.25. The number of halogens is 1. The number of nitrogens with two attached hydrogens (primary N) is 1. The first-order chi connectivity index (χ1) is 13.3. The van der Waals surface area contributed by atoms with Crippen molar-refractivity contribution >= 4 is 38.9 Å². The number of benzene rings is 2. The van der Waals surface area contributed by atoms with Crippen molar-refractivity contribution in [2.75, 3.05) is 13.2 Å². The lowest BCUT2D eigenvalue weighted by atomic mass is 10.2. The van der Waals surface area contributed by atoms with Gasteiger partial charge in [0.25, 0.3) is 0 Å². The molecule has 146 valence electrons. The number of thiazole rings is 1. The molecule has 2 N–H and O–H groups in total. The van der Waals surface area contributed by atoms with E-state index in [-0.39, 0.29) is 23.8 Å². The average molecular weight is 439 g/mol. The van der Waals surface area contributed by atoms with Crippen LogP contribution in [0.25, 0.3) is 10.6 Å². The predicted octanol–water partition coefficient (Wildman–Crippen LogP) is 3.35. The summed E-state index contributed by atoms with van der Waals surface area (Å²) in [6.07, 6.45) is 0. The van der Waals surface area contributed by atoms with E-state index in [1.807, 2.05) is 12.1 Å². The van der Waals surface area contributed by atoms with Crippen molar-refractivity contribution in [1.29, 1.82) is 0 Å². The molecule has 3 aromatic rings. The van der Waals surface area contributed by atoms with E-state index in [1.54, 1.807) is 17.5 Å². The van der Waals surface area contributed by atoms with Crippen LogP contribution in [0, 0.1) is 0 Å². The monoisotopic (exact) mass is 438 g/mol. The molecule has 0 unspecified atom stereocenters. The molecule has 0 fully saturated rings. The van der Waals surface area contributed by atoms with Crippen LogP contribution in [-0.2, 0) is 14.8 Å². The van der Waals surface area contributed by atoms with Gasteiger partial charge in [0.1, 0.15) is 24.0 Å². The topological polar surface area (TPSA) is 109 Å². The fraction of sp³-hybridized carbons (Fsp3) is 0.111. The largest absolute Gasteiger partial charge is 0.490 e. The fourth-order valence-corrected chi connectivity index (χ4v) is 3.62. The van der Waals surface area contributed by atoms with Crippen LogP contribution < -0.4 is 9.88 Å². The summed E-state index contributed by atoms with van der Waals surface area (Å²) in [5, 5.41) is 7.96. The number of rotatable bonds is 7. The van der Waals surface area contributed by atoms with Crippen molar-refractivity contribution in [1.82, 2.24) is 4.98 Å². The number of sulfonamides is 1. The van der Waals surface area contributed by atoms with Crippen LogP contribution in [-0.4, -0.2) is 32.6 Å². The molecule has 0 radical (unpaired) electrons. The Morgan fingerprint density at radius 1 is 1.07 bits per heavy atom. The van der Waals surface area contributed by atoms with E-state index in [1.165, 1.54) is 35.6 Å². The Bertz CT molecular complexity index is 1060. The minimum absolute atomic E-state index is 0.00805. The quantitative estimate of drug-likeness (QED) is 0.447. The summed E-state index contributed by atoms with van der Waals surface area (Å²) >= 11 is 7.19. The third-order valence-corrected chi connectivity index (χ3v) is 5.61. The molecular weight excluding hydrogens is 424 g/mol. The van der Waals surface area contributed by atoms with E-state index in [4.69, 9.17) is 26.2 Å². The minimum Gasteiger partial charge on any atom is -0.490 e. The zero-order valence-corrected chi connectivity index (χ0v) is 16.8. The number of nitrogens with zero attached hydrogens (tertiary/aromatic N) is 1. The molecule has 2 aromatic carbocycles. The second kappa shape index (κ2) is 8.70. The van der Waals surface area contributed by atoms with Crippen LogP contribution in [0.5, 0.6) is 5.75 Å². The number of aromatic nitrogens is 1. The summed E-state index contributed by atoms with van der Waals surface area (Å²) in [7, 11) is -3.74. The van der Waals surface area contributed by atoms with Gasteiger partial charge in [0.15, 0.2) is 5.69 Å². The first-order valence-electron chi connectivity index (χ1n) is 7.97. The summed E-state index contributed by atoms with van der Waals surface area (Å²) in [5.41, 5.74) is 1.08. The molecular formula is C18H15ClN2O5S2. The average Bonchev–Trinajstić information content (AvgIpc) is 3.15. The van der Waals surface area contributed by atoms with Gasteiger partial charge >= 0.3 is 5.97 Å². The van der Waals surface area contributed by atoms with Crippen molar-refractivity contribution in [3.05, 3.63) is 64.6 Å². The van der Waals surface area contributed by atoms with Crippen molar-refractivity contribution in [3.63, 3.8) is 0 Å². The number of carbonyl (C=O) groups excluding carboxylic acids is 1. The predicted molar refractivity (Wildman–Crippen MR) is 106 cm³/mol. The van der Waals surface area contributed by atoms with Gasteiger partial charge in [0.2, 0.25) is 10.0 Å². The van der Waals surface area contributed by atoms with E-state index < -0.39 is 16.0 Å². The molecule has 0 saturated carbocycles. The van der Waals surface area contributed by atoms with Crippen molar-refractivity contribution < 1.29 is 22.7 Å². The smallest absolute Gasteiger partial charge is 0.357 e. The number of ether oxygens (including phenoxy) is 2. The van der Waals surface area contributed by atoms with Crippen LogP contribution in [0.2, 0.25) is 5.02 Å². The number of hydrogen-bond acceptors (Lipinski definition) is 7. The molecule has 0 bridgehead atoms. The number of primary sulfonamides is 1. The van der Waals surface area contributed by atoms with Crippen LogP contribution in [0.3, 0.4) is 0 Å². The maximum absolute atomic E-state index is 12.1. The van der Waals surface area contributed by atoms with Crippen LogP contribution in [0.4, 0.5) is 0 Å². The van der Waals surface area contributed by atoms with Gasteiger partial charge in [-0.1, -0.05) is 23.7 Å². The summed E-state index contributed by atoms with van der Waals surface area (Å²) in [6.45, 7) is 0.123. The number of carbonyl (C=O) groups is 1. The van der Waals surface area contributed by atoms with Gasteiger partial charge in [-0.2, -0.15) is 0 Å². The SMILES string of the molecule is NS(=O)(=O)c1ccc(OCCOC(=O)c2csc(-c3ccc(Cl)cc3)n2)cc1. The molecule has 0 amide bonds. The van der Waals surface area contributed by atoms with Gasteiger partial charge < -0.3 is 9.47 Å². The molecule has 28 heavy (non-hydrogen) atoms. The third-order valence-electron chi connectivity index (χ3n) is 3.54. The summed E-state index contributed by atoms with van der Waals surface area (Å²) in [4.78, 5) is 16.3. The third kappa shape index (κ3) is 5.29. The van der Waals surface area contributed by atoms with Crippen molar-refractivity contribution in [2.45, 2.75) is 4.90 Å². The van der Waals surface area contributed by atoms with Crippen LogP contribution in [0.1, 0.15) is 10.5 Å². The lowest BCUT2D eigenvalue weighted by molar-refractivity contribution is 0.0444. The number of esters is 1. The van der Waals surface area contributed by atoms with Gasteiger partial charge in [-0.15, -0.1) is 11.3 Å². The van der Waals surface area contributed by atoms with E-state index >= 15 is 0 Å². The summed E-state index contributed by atoms with van der Waals surface area (Å²) in [6, 6.07) is 12.8. The maximum Gasteiger partial charge on any atom is 0.357 e. The molecule has 1 heterocycles. The van der Waals surface area contributed by atoms with Gasteiger partial charge in [0.05, 0.1) is 4.90 Å². The highest BCUT2D eigenvalue weighted by atomic mass is 35.5. The minimum atomic E-state index is -3.74. The molecule has 0 spiro atoms. The summed E-state index contributed by atoms with van der Waals surface area (Å²) < 4.78 is 32.9. The van der Waals surface area contributed by atoms with E-state index in [0.717, 1.165) is 5.56 Å². The molecule has 1 aromatic heterocycles. The second-order valence-corrected chi connectivity index (χ2v) is 8.40. The molecule has 0 atom stereocenters. The van der Waals surface area contributed by atoms with E-state index in [0.29, 0.717) is 15.8 Å². The van der Waals surface area contributed by atoms with Gasteiger partial charge in [-0.3, -0.25) is 0 Å². The van der Waals surface area contributed by atoms with Crippen molar-refractivity contribution in [2.24, 2.45) is 5.14 Å². The Labute approximate surface area is 170 Å². The molecule has 7 nitrogen and oxygen atoms in total. The van der Waals surface area contributed by atoms with Crippen LogP contribution >= 0.6 is 22.9 Å². The zero-order chi connectivity index (χ0) is 20.1. The fourth-order valence-electron chi connectivity index (χ4n) is 2.19. The standard InChI is InChI=1S/C18H15ClN2O5S2/c19-13-3-1-12(2-4-13)17-21-16(11-27-17)18(22)26-10-9-25-14-5-7-15(8-6-14)28(20,23)24/h1-8,11H,9-10H2,(H2,20,23,24). The van der Waals surface area contributed by atoms with Crippen molar-refractivity contribution in [3.8, 4) is 16.3 Å². The van der Waals surface area contributed by atoms with Crippen LogP contribution in [0.15, 0.2) is 58.8 Å². The molecule has 0 aliphatic heterocycles. The van der Waals surface area contributed by atoms with E-state index in [9.17, 15) is 13.2 Å². The Morgan fingerprint density at radius 3 is 2.39 bits per heavy atom. The number of hydrogen-bond donors (Lipinski definition) is 1. The molecule has 10 heteroatoms. The maximum atomic E-state index is 12.1. The molecule has 3 rings (SSSR count). The van der Waals surface area contributed by atoms with Gasteiger partial charge in [-0.25, -0.2) is 23.3 Å².